The molecule has 0 saturated carbocycles. The summed E-state index contributed by atoms with van der Waals surface area (Å²) in [5.41, 5.74) is 0.383. The summed E-state index contributed by atoms with van der Waals surface area (Å²) in [5, 5.41) is 11.5. The predicted octanol–water partition coefficient (Wildman–Crippen LogP) is 2.56. The molecule has 1 heterocycles. The molecule has 1 saturated heterocycles. The summed E-state index contributed by atoms with van der Waals surface area (Å²) < 4.78 is 15.9. The average molecular weight is 499 g/mol. The molecule has 2 N–H and O–H groups in total. The van der Waals surface area contributed by atoms with Gasteiger partial charge < -0.3 is 19.3 Å². The smallest absolute Gasteiger partial charge is 0.344 e. The highest BCUT2D eigenvalue weighted by molar-refractivity contribution is 7.80. The predicted molar refractivity (Wildman–Crippen MR) is 129 cm³/mol. The normalized spacial score (nSPS) is 14.5. The Balaban J connectivity index is 1.92. The number of carbonyl (C=O) groups is 4. The van der Waals surface area contributed by atoms with Crippen LogP contribution in [-0.2, 0) is 19.1 Å². The number of carbonyl (C=O) groups excluding carboxylic acids is 3. The van der Waals surface area contributed by atoms with Crippen LogP contribution in [0.3, 0.4) is 0 Å². The van der Waals surface area contributed by atoms with E-state index in [2.05, 4.69) is 5.32 Å². The maximum atomic E-state index is 13.2. The molecule has 0 spiro atoms. The van der Waals surface area contributed by atoms with Gasteiger partial charge in [0.25, 0.3) is 11.8 Å². The van der Waals surface area contributed by atoms with E-state index in [9.17, 15) is 24.3 Å². The largest absolute Gasteiger partial charge is 0.490 e. The lowest BCUT2D eigenvalue weighted by Gasteiger charge is -2.29. The Morgan fingerprint density at radius 3 is 2.51 bits per heavy atom. The monoisotopic (exact) mass is 498 g/mol. The van der Waals surface area contributed by atoms with E-state index in [1.165, 1.54) is 30.3 Å². The number of hydrogen-bond acceptors (Lipinski definition) is 8. The van der Waals surface area contributed by atoms with Crippen molar-refractivity contribution in [1.82, 2.24) is 5.32 Å². The number of ether oxygens (including phenoxy) is 3. The zero-order valence-electron chi connectivity index (χ0n) is 18.9. The summed E-state index contributed by atoms with van der Waals surface area (Å²) >= 11 is 5.16. The second-order valence-electron chi connectivity index (χ2n) is 7.05. The zero-order valence-corrected chi connectivity index (χ0v) is 19.7. The van der Waals surface area contributed by atoms with Crippen molar-refractivity contribution in [3.8, 4) is 11.5 Å². The highest BCUT2D eigenvalue weighted by atomic mass is 32.1. The molecule has 3 rings (SSSR count). The first-order valence-corrected chi connectivity index (χ1v) is 11.0. The van der Waals surface area contributed by atoms with Crippen LogP contribution in [0.1, 0.15) is 29.8 Å². The fourth-order valence-electron chi connectivity index (χ4n) is 3.18. The lowest BCUT2D eigenvalue weighted by Crippen LogP contribution is -2.54. The molecule has 0 radical (unpaired) electrons. The second kappa shape index (κ2) is 11.3. The van der Waals surface area contributed by atoms with Gasteiger partial charge in [-0.2, -0.15) is 0 Å². The van der Waals surface area contributed by atoms with E-state index in [1.807, 2.05) is 0 Å². The van der Waals surface area contributed by atoms with Crippen molar-refractivity contribution in [3.63, 3.8) is 0 Å². The molecule has 1 aliphatic rings. The first kappa shape index (κ1) is 25.4. The summed E-state index contributed by atoms with van der Waals surface area (Å²) in [7, 11) is 0. The fourth-order valence-corrected chi connectivity index (χ4v) is 3.46. The molecular formula is C24H22N2O8S. The minimum absolute atomic E-state index is 0.0414. The number of anilines is 1. The van der Waals surface area contributed by atoms with Crippen LogP contribution < -0.4 is 19.7 Å². The van der Waals surface area contributed by atoms with Crippen LogP contribution in [0.25, 0.3) is 6.08 Å². The van der Waals surface area contributed by atoms with E-state index < -0.39 is 23.8 Å². The number of esters is 1. The molecule has 0 aliphatic carbocycles. The molecule has 10 nitrogen and oxygen atoms in total. The summed E-state index contributed by atoms with van der Waals surface area (Å²) in [5.74, 6) is -2.54. The summed E-state index contributed by atoms with van der Waals surface area (Å²) in [6.45, 7) is 3.67. The Hall–Kier alpha value is -4.25. The maximum absolute atomic E-state index is 13.2. The van der Waals surface area contributed by atoms with Crippen LogP contribution in [0.4, 0.5) is 5.69 Å². The van der Waals surface area contributed by atoms with Crippen molar-refractivity contribution < 1.29 is 38.5 Å². The molecule has 2 aromatic carbocycles. The van der Waals surface area contributed by atoms with Gasteiger partial charge in [-0.1, -0.05) is 12.1 Å². The number of carboxylic acids is 1. The van der Waals surface area contributed by atoms with Gasteiger partial charge in [-0.25, -0.2) is 9.59 Å². The van der Waals surface area contributed by atoms with E-state index in [-0.39, 0.29) is 40.9 Å². The van der Waals surface area contributed by atoms with Gasteiger partial charge in [0.15, 0.2) is 23.2 Å². The van der Waals surface area contributed by atoms with Gasteiger partial charge in [0.05, 0.1) is 24.5 Å². The highest BCUT2D eigenvalue weighted by Gasteiger charge is 2.34. The second-order valence-corrected chi connectivity index (χ2v) is 7.43. The quantitative estimate of drug-likeness (QED) is 0.232. The number of aromatic carboxylic acids is 1. The van der Waals surface area contributed by atoms with Gasteiger partial charge in [0, 0.05) is 0 Å². The molecule has 1 fully saturated rings. The number of rotatable bonds is 9. The summed E-state index contributed by atoms with van der Waals surface area (Å²) in [6, 6.07) is 10.3. The van der Waals surface area contributed by atoms with Crippen molar-refractivity contribution in [2.45, 2.75) is 13.8 Å². The van der Waals surface area contributed by atoms with Crippen LogP contribution in [0.2, 0.25) is 0 Å². The van der Waals surface area contributed by atoms with Gasteiger partial charge in [-0.15, -0.1) is 0 Å². The van der Waals surface area contributed by atoms with Crippen LogP contribution in [0.15, 0.2) is 48.0 Å². The van der Waals surface area contributed by atoms with Crippen LogP contribution in [0.5, 0.6) is 11.5 Å². The van der Waals surface area contributed by atoms with E-state index in [4.69, 9.17) is 26.4 Å². The molecule has 11 heteroatoms. The van der Waals surface area contributed by atoms with Crippen molar-refractivity contribution in [3.05, 3.63) is 59.2 Å². The third kappa shape index (κ3) is 6.01. The molecular weight excluding hydrogens is 476 g/mol. The van der Waals surface area contributed by atoms with Crippen molar-refractivity contribution in [2.75, 3.05) is 24.7 Å². The molecule has 1 aliphatic heterocycles. The third-order valence-electron chi connectivity index (χ3n) is 4.68. The van der Waals surface area contributed by atoms with Gasteiger partial charge in [-0.05, 0) is 68.0 Å². The fraction of sp³-hybridized carbons (Fsp3) is 0.208. The Morgan fingerprint density at radius 2 is 1.83 bits per heavy atom. The van der Waals surface area contributed by atoms with Gasteiger partial charge in [0.1, 0.15) is 5.57 Å². The van der Waals surface area contributed by atoms with Gasteiger partial charge in [-0.3, -0.25) is 19.8 Å². The Kier molecular flexibility index (Phi) is 8.16. The molecule has 0 aromatic heterocycles. The Bertz CT molecular complexity index is 1220. The number of carboxylic acid groups (broad SMARTS) is 1. The maximum Gasteiger partial charge on any atom is 0.344 e. The number of benzene rings is 2. The number of thiocarbonyl (C=S) groups is 1. The van der Waals surface area contributed by atoms with Gasteiger partial charge in [0.2, 0.25) is 0 Å². The first-order chi connectivity index (χ1) is 16.7. The van der Waals surface area contributed by atoms with Crippen LogP contribution >= 0.6 is 12.2 Å². The number of nitrogens with zero attached hydrogens (tertiary/aromatic N) is 1. The molecule has 0 unspecified atom stereocenters. The van der Waals surface area contributed by atoms with Crippen molar-refractivity contribution in [2.24, 2.45) is 0 Å². The standard InChI is InChI=1S/C24H22N2O8S/c1-3-32-19-11-14(8-9-18(19)34-13-20(27)33-4-2)10-17-21(28)25-24(35)26(22(17)29)16-7-5-6-15(12-16)23(30)31/h5-12H,3-4,13H2,1-2H3,(H,30,31)(H,25,28,35). The molecule has 2 aromatic rings. The number of amides is 2. The van der Waals surface area contributed by atoms with E-state index in [1.54, 1.807) is 32.0 Å². The van der Waals surface area contributed by atoms with Gasteiger partial charge >= 0.3 is 11.9 Å². The molecule has 0 atom stereocenters. The highest BCUT2D eigenvalue weighted by Crippen LogP contribution is 2.30. The molecule has 35 heavy (non-hydrogen) atoms. The van der Waals surface area contributed by atoms with E-state index in [0.29, 0.717) is 17.9 Å². The lowest BCUT2D eigenvalue weighted by atomic mass is 10.1. The summed E-state index contributed by atoms with van der Waals surface area (Å²) in [4.78, 5) is 49.7. The molecule has 182 valence electrons. The Morgan fingerprint density at radius 1 is 1.06 bits per heavy atom. The van der Waals surface area contributed by atoms with E-state index >= 15 is 0 Å². The summed E-state index contributed by atoms with van der Waals surface area (Å²) in [6.07, 6.45) is 1.35. The minimum Gasteiger partial charge on any atom is -0.490 e. The van der Waals surface area contributed by atoms with Crippen LogP contribution in [-0.4, -0.2) is 53.8 Å². The molecule has 2 amide bonds. The van der Waals surface area contributed by atoms with Crippen molar-refractivity contribution in [1.29, 1.82) is 0 Å². The van der Waals surface area contributed by atoms with Crippen LogP contribution in [0, 0.1) is 0 Å². The SMILES string of the molecule is CCOC(=O)COc1ccc(C=C2C(=O)NC(=S)N(c3cccc(C(=O)O)c3)C2=O)cc1OCC. The minimum atomic E-state index is -1.17. The number of nitrogens with one attached hydrogen (secondary N) is 1. The topological polar surface area (TPSA) is 131 Å². The average Bonchev–Trinajstić information content (AvgIpc) is 2.81. The molecule has 0 bridgehead atoms. The number of hydrogen-bond donors (Lipinski definition) is 2. The third-order valence-corrected chi connectivity index (χ3v) is 4.97. The van der Waals surface area contributed by atoms with Crippen molar-refractivity contribution >= 4 is 52.8 Å². The van der Waals surface area contributed by atoms with E-state index in [0.717, 1.165) is 4.90 Å². The first-order valence-electron chi connectivity index (χ1n) is 10.5. The lowest BCUT2D eigenvalue weighted by molar-refractivity contribution is -0.145. The Labute approximate surface area is 206 Å². The zero-order chi connectivity index (χ0) is 25.5.